The largest absolute Gasteiger partial charge is 0.373 e. The Balaban J connectivity index is 1.73. The first kappa shape index (κ1) is 19.7. The molecule has 0 aliphatic carbocycles. The molecule has 0 aliphatic heterocycles. The number of imidazole rings is 1. The van der Waals surface area contributed by atoms with Gasteiger partial charge in [0.05, 0.1) is 27.6 Å². The van der Waals surface area contributed by atoms with Gasteiger partial charge in [0.25, 0.3) is 5.56 Å². The second kappa shape index (κ2) is 8.33. The number of hydrogen-bond donors (Lipinski definition) is 0. The van der Waals surface area contributed by atoms with Crippen molar-refractivity contribution in [3.05, 3.63) is 68.0 Å². The standard InChI is InChI=1S/C18H18Cl3N5O/c1-12-22-6-9-25(12)8-3-7-24(2)16-5-4-13(10-14(16)19)26-18(27)17(21)15(20)11-23-26/h4-6,9-11H,3,7-8H2,1-2H3. The van der Waals surface area contributed by atoms with Crippen LogP contribution >= 0.6 is 34.8 Å². The average Bonchev–Trinajstić information content (AvgIpc) is 3.04. The number of anilines is 1. The van der Waals surface area contributed by atoms with Gasteiger partial charge in [-0.2, -0.15) is 9.78 Å². The summed E-state index contributed by atoms with van der Waals surface area (Å²) in [6.45, 7) is 3.69. The topological polar surface area (TPSA) is 56.0 Å². The molecule has 0 aliphatic rings. The van der Waals surface area contributed by atoms with Gasteiger partial charge in [-0.15, -0.1) is 0 Å². The van der Waals surface area contributed by atoms with E-state index < -0.39 is 5.56 Å². The van der Waals surface area contributed by atoms with Crippen molar-refractivity contribution in [1.82, 2.24) is 19.3 Å². The summed E-state index contributed by atoms with van der Waals surface area (Å²) in [5.74, 6) is 1.000. The van der Waals surface area contributed by atoms with Gasteiger partial charge in [0.1, 0.15) is 10.8 Å². The zero-order chi connectivity index (χ0) is 19.6. The molecule has 0 N–H and O–H groups in total. The van der Waals surface area contributed by atoms with Gasteiger partial charge in [-0.1, -0.05) is 34.8 Å². The third-order valence-electron chi connectivity index (χ3n) is 4.28. The van der Waals surface area contributed by atoms with Gasteiger partial charge in [-0.25, -0.2) is 4.98 Å². The van der Waals surface area contributed by atoms with Gasteiger partial charge in [-0.05, 0) is 31.5 Å². The Bertz CT molecular complexity index is 1010. The van der Waals surface area contributed by atoms with Crippen LogP contribution < -0.4 is 10.5 Å². The molecule has 9 heteroatoms. The molecule has 0 bridgehead atoms. The number of benzene rings is 1. The molecule has 0 fully saturated rings. The maximum absolute atomic E-state index is 12.2. The molecule has 142 valence electrons. The van der Waals surface area contributed by atoms with Crippen molar-refractivity contribution >= 4 is 40.5 Å². The minimum atomic E-state index is -0.489. The van der Waals surface area contributed by atoms with Crippen molar-refractivity contribution in [2.75, 3.05) is 18.5 Å². The van der Waals surface area contributed by atoms with Crippen molar-refractivity contribution in [2.45, 2.75) is 19.9 Å². The first-order valence-electron chi connectivity index (χ1n) is 8.30. The summed E-state index contributed by atoms with van der Waals surface area (Å²) < 4.78 is 3.28. The number of hydrogen-bond acceptors (Lipinski definition) is 4. The quantitative estimate of drug-likeness (QED) is 0.592. The maximum Gasteiger partial charge on any atom is 0.291 e. The summed E-state index contributed by atoms with van der Waals surface area (Å²) in [7, 11) is 1.98. The maximum atomic E-state index is 12.2. The van der Waals surface area contributed by atoms with Crippen LogP contribution in [0.2, 0.25) is 15.1 Å². The van der Waals surface area contributed by atoms with E-state index in [1.165, 1.54) is 10.9 Å². The van der Waals surface area contributed by atoms with Gasteiger partial charge in [-0.3, -0.25) is 4.79 Å². The Morgan fingerprint density at radius 2 is 1.96 bits per heavy atom. The molecule has 2 heterocycles. The molecule has 27 heavy (non-hydrogen) atoms. The lowest BCUT2D eigenvalue weighted by molar-refractivity contribution is 0.622. The first-order chi connectivity index (χ1) is 12.9. The summed E-state index contributed by atoms with van der Waals surface area (Å²) in [5, 5.41) is 4.59. The Hall–Kier alpha value is -2.02. The third kappa shape index (κ3) is 4.29. The van der Waals surface area contributed by atoms with Gasteiger partial charge in [0.15, 0.2) is 0 Å². The van der Waals surface area contributed by atoms with Crippen LogP contribution in [0.1, 0.15) is 12.2 Å². The van der Waals surface area contributed by atoms with Crippen LogP contribution in [0.5, 0.6) is 0 Å². The predicted octanol–water partition coefficient (Wildman–Crippen LogP) is 4.22. The van der Waals surface area contributed by atoms with Crippen LogP contribution in [0, 0.1) is 6.92 Å². The minimum absolute atomic E-state index is 0.0706. The zero-order valence-electron chi connectivity index (χ0n) is 14.9. The average molecular weight is 427 g/mol. The van der Waals surface area contributed by atoms with E-state index in [-0.39, 0.29) is 10.0 Å². The number of rotatable bonds is 6. The van der Waals surface area contributed by atoms with E-state index in [4.69, 9.17) is 34.8 Å². The number of halogens is 3. The van der Waals surface area contributed by atoms with E-state index in [9.17, 15) is 4.79 Å². The molecule has 3 rings (SSSR count). The minimum Gasteiger partial charge on any atom is -0.373 e. The van der Waals surface area contributed by atoms with Crippen LogP contribution in [0.25, 0.3) is 5.69 Å². The fraction of sp³-hybridized carbons (Fsp3) is 0.278. The Morgan fingerprint density at radius 3 is 2.63 bits per heavy atom. The molecule has 2 aromatic heterocycles. The number of nitrogens with zero attached hydrogens (tertiary/aromatic N) is 5. The Kier molecular flexibility index (Phi) is 6.09. The highest BCUT2D eigenvalue weighted by atomic mass is 35.5. The van der Waals surface area contributed by atoms with E-state index in [0.717, 1.165) is 31.0 Å². The van der Waals surface area contributed by atoms with Crippen molar-refractivity contribution < 1.29 is 0 Å². The SMILES string of the molecule is Cc1nccn1CCCN(C)c1ccc(-n2ncc(Cl)c(Cl)c2=O)cc1Cl. The molecule has 0 saturated heterocycles. The van der Waals surface area contributed by atoms with E-state index in [2.05, 4.69) is 19.5 Å². The highest BCUT2D eigenvalue weighted by Gasteiger charge is 2.12. The van der Waals surface area contributed by atoms with Gasteiger partial charge in [0.2, 0.25) is 0 Å². The molecule has 1 aromatic carbocycles. The van der Waals surface area contributed by atoms with Crippen LogP contribution in [-0.4, -0.2) is 32.9 Å². The lowest BCUT2D eigenvalue weighted by atomic mass is 10.2. The van der Waals surface area contributed by atoms with Gasteiger partial charge in [0, 0.05) is 32.5 Å². The van der Waals surface area contributed by atoms with Crippen LogP contribution in [0.4, 0.5) is 5.69 Å². The predicted molar refractivity (Wildman–Crippen MR) is 110 cm³/mol. The second-order valence-electron chi connectivity index (χ2n) is 6.10. The van der Waals surface area contributed by atoms with Crippen molar-refractivity contribution in [2.24, 2.45) is 0 Å². The normalized spacial score (nSPS) is 11.0. The molecule has 0 atom stereocenters. The van der Waals surface area contributed by atoms with Crippen LogP contribution in [0.15, 0.2) is 41.6 Å². The van der Waals surface area contributed by atoms with Crippen LogP contribution in [0.3, 0.4) is 0 Å². The highest BCUT2D eigenvalue weighted by molar-refractivity contribution is 6.41. The van der Waals surface area contributed by atoms with E-state index in [1.807, 2.05) is 26.2 Å². The summed E-state index contributed by atoms with van der Waals surface area (Å²) in [5.41, 5.74) is 0.905. The van der Waals surface area contributed by atoms with E-state index in [0.29, 0.717) is 10.7 Å². The van der Waals surface area contributed by atoms with E-state index >= 15 is 0 Å². The number of aromatic nitrogens is 4. The molecule has 0 saturated carbocycles. The highest BCUT2D eigenvalue weighted by Crippen LogP contribution is 2.27. The van der Waals surface area contributed by atoms with Crippen molar-refractivity contribution in [3.63, 3.8) is 0 Å². The fourth-order valence-corrected chi connectivity index (χ4v) is 3.34. The first-order valence-corrected chi connectivity index (χ1v) is 9.44. The lowest BCUT2D eigenvalue weighted by Crippen LogP contribution is -2.22. The molecule has 3 aromatic rings. The second-order valence-corrected chi connectivity index (χ2v) is 7.29. The van der Waals surface area contributed by atoms with Gasteiger partial charge >= 0.3 is 0 Å². The molecule has 0 radical (unpaired) electrons. The monoisotopic (exact) mass is 425 g/mol. The molecule has 0 unspecified atom stereocenters. The lowest BCUT2D eigenvalue weighted by Gasteiger charge is -2.21. The fourth-order valence-electron chi connectivity index (χ4n) is 2.77. The zero-order valence-corrected chi connectivity index (χ0v) is 17.1. The summed E-state index contributed by atoms with van der Waals surface area (Å²) in [4.78, 5) is 18.5. The third-order valence-corrected chi connectivity index (χ3v) is 5.33. The number of aryl methyl sites for hydroxylation is 2. The summed E-state index contributed by atoms with van der Waals surface area (Å²) >= 11 is 18.2. The van der Waals surface area contributed by atoms with E-state index in [1.54, 1.807) is 18.3 Å². The summed E-state index contributed by atoms with van der Waals surface area (Å²) in [6, 6.07) is 5.32. The van der Waals surface area contributed by atoms with Gasteiger partial charge < -0.3 is 9.47 Å². The Labute approximate surface area is 171 Å². The Morgan fingerprint density at radius 1 is 1.19 bits per heavy atom. The summed E-state index contributed by atoms with van der Waals surface area (Å²) in [6.07, 6.45) is 6.05. The molecule has 0 spiro atoms. The molecular formula is C18H18Cl3N5O. The van der Waals surface area contributed by atoms with Crippen molar-refractivity contribution in [3.8, 4) is 5.69 Å². The molecular weight excluding hydrogens is 409 g/mol. The smallest absolute Gasteiger partial charge is 0.291 e. The van der Waals surface area contributed by atoms with Crippen molar-refractivity contribution in [1.29, 1.82) is 0 Å². The molecule has 6 nitrogen and oxygen atoms in total. The van der Waals surface area contributed by atoms with Crippen LogP contribution in [-0.2, 0) is 6.54 Å². The molecule has 0 amide bonds.